The van der Waals surface area contributed by atoms with Crippen molar-refractivity contribution < 1.29 is 28.7 Å². The van der Waals surface area contributed by atoms with Gasteiger partial charge in [-0.2, -0.15) is 0 Å². The average molecular weight is 561 g/mol. The van der Waals surface area contributed by atoms with E-state index in [1.165, 1.54) is 22.7 Å². The van der Waals surface area contributed by atoms with E-state index in [0.29, 0.717) is 34.3 Å². The van der Waals surface area contributed by atoms with Crippen LogP contribution < -0.4 is 10.6 Å². The second-order valence-corrected chi connectivity index (χ2v) is 11.9. The summed E-state index contributed by atoms with van der Waals surface area (Å²) in [5, 5.41) is 6.75. The highest BCUT2D eigenvalue weighted by Gasteiger charge is 2.29. The molecule has 0 aliphatic heterocycles. The maximum atomic E-state index is 12.8. The summed E-state index contributed by atoms with van der Waals surface area (Å²) in [6.45, 7) is 4.54. The highest BCUT2D eigenvalue weighted by molar-refractivity contribution is 7.17. The van der Waals surface area contributed by atoms with Crippen LogP contribution in [0.3, 0.4) is 0 Å². The van der Waals surface area contributed by atoms with Gasteiger partial charge in [0, 0.05) is 22.6 Å². The summed E-state index contributed by atoms with van der Waals surface area (Å²) in [6, 6.07) is 0. The quantitative estimate of drug-likeness (QED) is 0.323. The van der Waals surface area contributed by atoms with Gasteiger partial charge in [-0.1, -0.05) is 13.8 Å². The molecule has 0 bridgehead atoms. The minimum absolute atomic E-state index is 0.0431. The van der Waals surface area contributed by atoms with E-state index in [-0.39, 0.29) is 24.7 Å². The number of carbonyl (C=O) groups excluding carboxylic acids is 4. The molecule has 0 atom stereocenters. The van der Waals surface area contributed by atoms with Gasteiger partial charge in [0.25, 0.3) is 0 Å². The van der Waals surface area contributed by atoms with Gasteiger partial charge in [-0.15, -0.1) is 22.7 Å². The first-order valence-corrected chi connectivity index (χ1v) is 15.3. The first-order valence-electron chi connectivity index (χ1n) is 13.7. The minimum Gasteiger partial charge on any atom is -0.462 e. The minimum atomic E-state index is -0.400. The van der Waals surface area contributed by atoms with E-state index in [1.807, 2.05) is 13.8 Å². The number of rotatable bonds is 11. The fourth-order valence-corrected chi connectivity index (χ4v) is 7.47. The Hall–Kier alpha value is -2.72. The summed E-state index contributed by atoms with van der Waals surface area (Å²) in [5.41, 5.74) is 2.91. The van der Waals surface area contributed by atoms with Crippen molar-refractivity contribution >= 4 is 56.4 Å². The molecule has 0 spiro atoms. The fourth-order valence-electron chi connectivity index (χ4n) is 4.88. The zero-order valence-corrected chi connectivity index (χ0v) is 23.8. The summed E-state index contributed by atoms with van der Waals surface area (Å²) < 4.78 is 10.8. The zero-order chi connectivity index (χ0) is 27.1. The fraction of sp³-hybridized carbons (Fsp3) is 0.571. The maximum absolute atomic E-state index is 12.8. The number of nitrogens with one attached hydrogen (secondary N) is 2. The van der Waals surface area contributed by atoms with Crippen molar-refractivity contribution in [1.29, 1.82) is 0 Å². The number of esters is 2. The topological polar surface area (TPSA) is 111 Å². The number of hydrogen-bond acceptors (Lipinski definition) is 8. The third kappa shape index (κ3) is 6.64. The second-order valence-electron chi connectivity index (χ2n) is 9.70. The SMILES string of the molecule is CCCOC(=O)c1c(NC(=O)CCC(=O)Nc2sc3c(c2C(=O)OCCC)CCCC3)sc2c1CCCC2. The lowest BCUT2D eigenvalue weighted by Gasteiger charge is -2.13. The molecular weight excluding hydrogens is 524 g/mol. The van der Waals surface area contributed by atoms with Crippen molar-refractivity contribution in [1.82, 2.24) is 0 Å². The number of aryl methyl sites for hydroxylation is 2. The number of anilines is 2. The molecular formula is C28H36N2O6S2. The van der Waals surface area contributed by atoms with Crippen LogP contribution in [0.1, 0.15) is 107 Å². The third-order valence-electron chi connectivity index (χ3n) is 6.71. The predicted molar refractivity (Wildman–Crippen MR) is 150 cm³/mol. The van der Waals surface area contributed by atoms with Crippen molar-refractivity contribution in [2.75, 3.05) is 23.8 Å². The lowest BCUT2D eigenvalue weighted by atomic mass is 9.95. The Bertz CT molecular complexity index is 1110. The van der Waals surface area contributed by atoms with Crippen LogP contribution in [-0.4, -0.2) is 37.0 Å². The van der Waals surface area contributed by atoms with E-state index in [2.05, 4.69) is 10.6 Å². The molecule has 38 heavy (non-hydrogen) atoms. The Kier molecular flexibility index (Phi) is 9.96. The standard InChI is InChI=1S/C28H36N2O6S2/c1-3-15-35-27(33)23-17-9-5-7-11-19(17)37-25(23)29-21(31)13-14-22(32)30-26-24(28(34)36-16-4-2)18-10-6-8-12-20(18)38-26/h3-16H2,1-2H3,(H,29,31)(H,30,32). The van der Waals surface area contributed by atoms with Gasteiger partial charge in [0.05, 0.1) is 24.3 Å². The molecule has 2 aromatic heterocycles. The normalized spacial score (nSPS) is 14.3. The highest BCUT2D eigenvalue weighted by Crippen LogP contribution is 2.40. The molecule has 0 saturated carbocycles. The predicted octanol–water partition coefficient (Wildman–Crippen LogP) is 6.06. The van der Waals surface area contributed by atoms with E-state index in [9.17, 15) is 19.2 Å². The molecule has 206 valence electrons. The van der Waals surface area contributed by atoms with E-state index in [4.69, 9.17) is 9.47 Å². The lowest BCUT2D eigenvalue weighted by Crippen LogP contribution is -2.19. The van der Waals surface area contributed by atoms with Gasteiger partial charge in [-0.25, -0.2) is 9.59 Å². The van der Waals surface area contributed by atoms with E-state index in [0.717, 1.165) is 85.1 Å². The molecule has 0 saturated heterocycles. The van der Waals surface area contributed by atoms with Gasteiger partial charge in [-0.3, -0.25) is 9.59 Å². The van der Waals surface area contributed by atoms with Gasteiger partial charge in [-0.05, 0) is 75.3 Å². The summed E-state index contributed by atoms with van der Waals surface area (Å²) >= 11 is 2.87. The Morgan fingerprint density at radius 2 is 1.05 bits per heavy atom. The Morgan fingerprint density at radius 3 is 1.45 bits per heavy atom. The van der Waals surface area contributed by atoms with Crippen molar-refractivity contribution in [3.05, 3.63) is 32.0 Å². The van der Waals surface area contributed by atoms with Gasteiger partial charge in [0.2, 0.25) is 11.8 Å². The molecule has 0 fully saturated rings. The first-order chi connectivity index (χ1) is 18.4. The van der Waals surface area contributed by atoms with E-state index >= 15 is 0 Å². The van der Waals surface area contributed by atoms with Crippen molar-refractivity contribution in [2.45, 2.75) is 90.9 Å². The van der Waals surface area contributed by atoms with Crippen LogP contribution in [0.25, 0.3) is 0 Å². The largest absolute Gasteiger partial charge is 0.462 e. The molecule has 0 unspecified atom stereocenters. The first kappa shape index (κ1) is 28.3. The van der Waals surface area contributed by atoms with Crippen LogP contribution in [0.15, 0.2) is 0 Å². The monoisotopic (exact) mass is 560 g/mol. The number of ether oxygens (including phenoxy) is 2. The molecule has 2 amide bonds. The maximum Gasteiger partial charge on any atom is 0.341 e. The Morgan fingerprint density at radius 1 is 0.658 bits per heavy atom. The molecule has 0 aromatic carbocycles. The molecule has 2 heterocycles. The van der Waals surface area contributed by atoms with Crippen LogP contribution in [0.5, 0.6) is 0 Å². The van der Waals surface area contributed by atoms with E-state index in [1.54, 1.807) is 0 Å². The second kappa shape index (κ2) is 13.4. The van der Waals surface area contributed by atoms with Gasteiger partial charge < -0.3 is 20.1 Å². The summed E-state index contributed by atoms with van der Waals surface area (Å²) in [5.74, 6) is -1.47. The molecule has 2 aromatic rings. The summed E-state index contributed by atoms with van der Waals surface area (Å²) in [6.07, 6.45) is 8.87. The third-order valence-corrected chi connectivity index (χ3v) is 9.12. The summed E-state index contributed by atoms with van der Waals surface area (Å²) in [4.78, 5) is 53.4. The van der Waals surface area contributed by atoms with Gasteiger partial charge in [0.15, 0.2) is 0 Å². The van der Waals surface area contributed by atoms with Crippen LogP contribution in [0, 0.1) is 0 Å². The zero-order valence-electron chi connectivity index (χ0n) is 22.2. The molecule has 8 nitrogen and oxygen atoms in total. The summed E-state index contributed by atoms with van der Waals surface area (Å²) in [7, 11) is 0. The van der Waals surface area contributed by atoms with Gasteiger partial charge in [0.1, 0.15) is 10.0 Å². The molecule has 4 rings (SSSR count). The number of hydrogen-bond donors (Lipinski definition) is 2. The Balaban J connectivity index is 1.40. The van der Waals surface area contributed by atoms with Crippen molar-refractivity contribution in [2.24, 2.45) is 0 Å². The number of fused-ring (bicyclic) bond motifs is 2. The number of carbonyl (C=O) groups is 4. The highest BCUT2D eigenvalue weighted by atomic mass is 32.1. The van der Waals surface area contributed by atoms with E-state index < -0.39 is 11.9 Å². The smallest absolute Gasteiger partial charge is 0.341 e. The van der Waals surface area contributed by atoms with Crippen LogP contribution in [-0.2, 0) is 44.7 Å². The average Bonchev–Trinajstić information content (AvgIpc) is 3.46. The Labute approximate surface area is 231 Å². The van der Waals surface area contributed by atoms with Crippen LogP contribution >= 0.6 is 22.7 Å². The van der Waals surface area contributed by atoms with Gasteiger partial charge >= 0.3 is 11.9 Å². The lowest BCUT2D eigenvalue weighted by molar-refractivity contribution is -0.121. The molecule has 0 radical (unpaired) electrons. The van der Waals surface area contributed by atoms with Crippen LogP contribution in [0.2, 0.25) is 0 Å². The molecule has 2 aliphatic rings. The van der Waals surface area contributed by atoms with Crippen molar-refractivity contribution in [3.8, 4) is 0 Å². The van der Waals surface area contributed by atoms with Crippen molar-refractivity contribution in [3.63, 3.8) is 0 Å². The number of amides is 2. The van der Waals surface area contributed by atoms with Crippen LogP contribution in [0.4, 0.5) is 10.0 Å². The number of thiophene rings is 2. The molecule has 2 N–H and O–H groups in total. The molecule has 2 aliphatic carbocycles. The molecule has 10 heteroatoms.